The number of hydrogen-bond donors (Lipinski definition) is 1. The average molecular weight is 356 g/mol. The van der Waals surface area contributed by atoms with Gasteiger partial charge in [-0.25, -0.2) is 4.79 Å². The van der Waals surface area contributed by atoms with Crippen LogP contribution in [-0.2, 0) is 0 Å². The topological polar surface area (TPSA) is 71.9 Å². The molecule has 92 valence electrons. The molecule has 0 atom stereocenters. The van der Waals surface area contributed by atoms with Crippen LogP contribution < -0.4 is 11.2 Å². The first-order valence-corrected chi connectivity index (χ1v) is 6.21. The zero-order valence-corrected chi connectivity index (χ0v) is 11.6. The number of nitrogens with zero attached hydrogens (tertiary/aromatic N) is 1. The summed E-state index contributed by atoms with van der Waals surface area (Å²) in [6, 6.07) is 8.21. The molecule has 0 aliphatic rings. The van der Waals surface area contributed by atoms with E-state index >= 15 is 0 Å². The van der Waals surface area contributed by atoms with Crippen molar-refractivity contribution in [2.45, 2.75) is 6.92 Å². The maximum Gasteiger partial charge on any atom is 0.335 e. The lowest BCUT2D eigenvalue weighted by molar-refractivity contribution is 0.0950. The molecule has 5 nitrogen and oxygen atoms in total. The molecule has 1 heterocycles. The third-order valence-corrected chi connectivity index (χ3v) is 3.71. The van der Waals surface area contributed by atoms with E-state index < -0.39 is 17.2 Å². The van der Waals surface area contributed by atoms with E-state index in [1.165, 1.54) is 0 Å². The van der Waals surface area contributed by atoms with Gasteiger partial charge in [-0.3, -0.25) is 9.59 Å². The van der Waals surface area contributed by atoms with Crippen LogP contribution in [0.2, 0.25) is 0 Å². The molecule has 1 N–H and O–H groups in total. The summed E-state index contributed by atoms with van der Waals surface area (Å²) in [6.45, 7) is 1.61. The lowest BCUT2D eigenvalue weighted by atomic mass is 10.2. The predicted octanol–water partition coefficient (Wildman–Crippen LogP) is 1.14. The van der Waals surface area contributed by atoms with Crippen molar-refractivity contribution in [2.75, 3.05) is 0 Å². The van der Waals surface area contributed by atoms with Gasteiger partial charge in [-0.1, -0.05) is 18.2 Å². The highest BCUT2D eigenvalue weighted by atomic mass is 127. The number of H-pyrrole nitrogens is 1. The molecule has 0 saturated heterocycles. The third kappa shape index (κ3) is 2.15. The molecule has 1 aromatic heterocycles. The van der Waals surface area contributed by atoms with Crippen LogP contribution in [0.5, 0.6) is 0 Å². The zero-order valence-electron chi connectivity index (χ0n) is 9.44. The number of hydrogen-bond acceptors (Lipinski definition) is 3. The highest BCUT2D eigenvalue weighted by molar-refractivity contribution is 14.1. The minimum atomic E-state index is -0.716. The fourth-order valence-corrected chi connectivity index (χ4v) is 1.89. The molecule has 0 bridgehead atoms. The molecule has 0 amide bonds. The lowest BCUT2D eigenvalue weighted by Gasteiger charge is -2.05. The van der Waals surface area contributed by atoms with Crippen LogP contribution >= 0.6 is 22.6 Å². The van der Waals surface area contributed by atoms with E-state index in [2.05, 4.69) is 4.98 Å². The van der Waals surface area contributed by atoms with Crippen molar-refractivity contribution in [3.8, 4) is 0 Å². The van der Waals surface area contributed by atoms with E-state index in [-0.39, 0.29) is 0 Å². The van der Waals surface area contributed by atoms with Crippen molar-refractivity contribution in [1.29, 1.82) is 0 Å². The molecule has 0 radical (unpaired) electrons. The van der Waals surface area contributed by atoms with E-state index in [9.17, 15) is 14.4 Å². The van der Waals surface area contributed by atoms with Crippen LogP contribution in [-0.4, -0.2) is 15.5 Å². The molecule has 0 aliphatic carbocycles. The molecule has 0 aliphatic heterocycles. The summed E-state index contributed by atoms with van der Waals surface area (Å²) >= 11 is 1.81. The number of aromatic nitrogens is 2. The van der Waals surface area contributed by atoms with E-state index in [4.69, 9.17) is 0 Å². The Kier molecular flexibility index (Phi) is 3.46. The van der Waals surface area contributed by atoms with Gasteiger partial charge in [-0.15, -0.1) is 0 Å². The van der Waals surface area contributed by atoms with Gasteiger partial charge >= 0.3 is 5.69 Å². The van der Waals surface area contributed by atoms with Crippen LogP contribution in [0.3, 0.4) is 0 Å². The molecule has 6 heteroatoms. The van der Waals surface area contributed by atoms with Crippen molar-refractivity contribution in [2.24, 2.45) is 0 Å². The Morgan fingerprint density at radius 3 is 2.44 bits per heavy atom. The third-order valence-electron chi connectivity index (χ3n) is 2.44. The minimum absolute atomic E-state index is 0.296. The molecule has 18 heavy (non-hydrogen) atoms. The van der Waals surface area contributed by atoms with Crippen LogP contribution in [0, 0.1) is 10.5 Å². The maximum atomic E-state index is 12.1. The van der Waals surface area contributed by atoms with Crippen LogP contribution in [0.1, 0.15) is 16.1 Å². The monoisotopic (exact) mass is 356 g/mol. The minimum Gasteiger partial charge on any atom is -0.310 e. The summed E-state index contributed by atoms with van der Waals surface area (Å²) in [5.41, 5.74) is -0.551. The van der Waals surface area contributed by atoms with E-state index in [1.807, 2.05) is 22.6 Å². The highest BCUT2D eigenvalue weighted by Gasteiger charge is 2.16. The largest absolute Gasteiger partial charge is 0.335 e. The molecule has 2 aromatic rings. The predicted molar refractivity (Wildman–Crippen MR) is 74.9 cm³/mol. The number of aryl methyl sites for hydroxylation is 1. The van der Waals surface area contributed by atoms with Gasteiger partial charge in [0.25, 0.3) is 11.5 Å². The summed E-state index contributed by atoms with van der Waals surface area (Å²) in [5.74, 6) is -0.625. The number of benzene rings is 1. The molecule has 0 unspecified atom stereocenters. The molecule has 0 saturated carbocycles. The Balaban J connectivity index is 2.68. The van der Waals surface area contributed by atoms with Crippen molar-refractivity contribution in [3.63, 3.8) is 0 Å². The van der Waals surface area contributed by atoms with Gasteiger partial charge < -0.3 is 4.98 Å². The fraction of sp³-hybridized carbons (Fsp3) is 0.0833. The first kappa shape index (κ1) is 12.7. The zero-order chi connectivity index (χ0) is 13.3. The molecule has 0 fully saturated rings. The molecule has 0 spiro atoms. The Morgan fingerprint density at radius 1 is 1.22 bits per heavy atom. The van der Waals surface area contributed by atoms with Crippen LogP contribution in [0.25, 0.3) is 0 Å². The summed E-state index contributed by atoms with van der Waals surface area (Å²) < 4.78 is 0.945. The van der Waals surface area contributed by atoms with Crippen molar-refractivity contribution in [1.82, 2.24) is 9.55 Å². The normalized spacial score (nSPS) is 10.3. The summed E-state index contributed by atoms with van der Waals surface area (Å²) in [5, 5.41) is 0. The standard InChI is InChI=1S/C12H9IN2O3/c1-7-9(13)11(17)15(12(18)14-7)10(16)8-5-3-2-4-6-8/h2-6H,1H3,(H,14,18). The van der Waals surface area contributed by atoms with Crippen LogP contribution in [0.15, 0.2) is 39.9 Å². The first-order valence-electron chi connectivity index (χ1n) is 5.13. The van der Waals surface area contributed by atoms with Crippen molar-refractivity contribution in [3.05, 3.63) is 66.0 Å². The number of carbonyl (C=O) groups excluding carboxylic acids is 1. The van der Waals surface area contributed by atoms with Gasteiger partial charge in [0, 0.05) is 11.3 Å². The second-order valence-corrected chi connectivity index (χ2v) is 4.76. The van der Waals surface area contributed by atoms with E-state index in [0.717, 1.165) is 0 Å². The fourth-order valence-electron chi connectivity index (χ4n) is 1.52. The van der Waals surface area contributed by atoms with Gasteiger partial charge in [0.2, 0.25) is 0 Å². The smallest absolute Gasteiger partial charge is 0.310 e. The molecule has 2 rings (SSSR count). The first-order chi connectivity index (χ1) is 8.52. The summed E-state index contributed by atoms with van der Waals surface area (Å²) in [7, 11) is 0. The number of aromatic amines is 1. The highest BCUT2D eigenvalue weighted by Crippen LogP contribution is 2.02. The Bertz CT molecular complexity index is 716. The summed E-state index contributed by atoms with van der Waals surface area (Å²) in [4.78, 5) is 38.2. The van der Waals surface area contributed by atoms with E-state index in [0.29, 0.717) is 19.4 Å². The second-order valence-electron chi connectivity index (χ2n) is 3.68. The van der Waals surface area contributed by atoms with Gasteiger partial charge in [0.05, 0.1) is 3.57 Å². The van der Waals surface area contributed by atoms with Crippen molar-refractivity contribution >= 4 is 28.5 Å². The Morgan fingerprint density at radius 2 is 1.83 bits per heavy atom. The number of halogens is 1. The van der Waals surface area contributed by atoms with Gasteiger partial charge in [0.15, 0.2) is 0 Å². The number of rotatable bonds is 1. The number of nitrogens with one attached hydrogen (secondary N) is 1. The lowest BCUT2D eigenvalue weighted by Crippen LogP contribution is -2.42. The van der Waals surface area contributed by atoms with Gasteiger partial charge in [0.1, 0.15) is 0 Å². The van der Waals surface area contributed by atoms with Gasteiger partial charge in [-0.2, -0.15) is 4.57 Å². The average Bonchev–Trinajstić information content (AvgIpc) is 2.37. The quantitative estimate of drug-likeness (QED) is 0.779. The van der Waals surface area contributed by atoms with Crippen molar-refractivity contribution < 1.29 is 4.79 Å². The molecular formula is C12H9IN2O3. The van der Waals surface area contributed by atoms with E-state index in [1.54, 1.807) is 37.3 Å². The molecular weight excluding hydrogens is 347 g/mol. The SMILES string of the molecule is Cc1[nH]c(=O)n(C(=O)c2ccccc2)c(=O)c1I. The Labute approximate surface area is 116 Å². The van der Waals surface area contributed by atoms with Gasteiger partial charge in [-0.05, 0) is 41.6 Å². The summed E-state index contributed by atoms with van der Waals surface area (Å²) in [6.07, 6.45) is 0. The molecule has 1 aromatic carbocycles. The Hall–Kier alpha value is -1.70. The second kappa shape index (κ2) is 4.89. The van der Waals surface area contributed by atoms with Crippen LogP contribution in [0.4, 0.5) is 0 Å². The maximum absolute atomic E-state index is 12.1. The number of carbonyl (C=O) groups is 1.